The van der Waals surface area contributed by atoms with Gasteiger partial charge < -0.3 is 9.73 Å². The summed E-state index contributed by atoms with van der Waals surface area (Å²) in [5.74, 6) is 0.297. The Labute approximate surface area is 185 Å². The van der Waals surface area contributed by atoms with Gasteiger partial charge in [-0.15, -0.1) is 0 Å². The van der Waals surface area contributed by atoms with Crippen LogP contribution in [-0.4, -0.2) is 22.6 Å². The van der Waals surface area contributed by atoms with Gasteiger partial charge in [0.1, 0.15) is 12.3 Å². The van der Waals surface area contributed by atoms with Crippen LogP contribution in [0.1, 0.15) is 74.3 Å². The summed E-state index contributed by atoms with van der Waals surface area (Å²) in [5, 5.41) is 3.87. The minimum Gasteiger partial charge on any atom is -0.447 e. The van der Waals surface area contributed by atoms with E-state index >= 15 is 0 Å². The summed E-state index contributed by atoms with van der Waals surface area (Å²) in [6.45, 7) is 2.17. The number of halogens is 3. The molecule has 1 N–H and O–H groups in total. The highest BCUT2D eigenvalue weighted by Gasteiger charge is 2.16. The second kappa shape index (κ2) is 12.6. The number of benzene rings is 1. The van der Waals surface area contributed by atoms with Crippen LogP contribution < -0.4 is 5.32 Å². The normalized spacial score (nSPS) is 13.9. The van der Waals surface area contributed by atoms with E-state index in [-0.39, 0.29) is 11.9 Å². The Hall–Kier alpha value is -3.16. The zero-order valence-corrected chi connectivity index (χ0v) is 18.4. The first-order valence-electron chi connectivity index (χ1n) is 10.7. The molecule has 0 bridgehead atoms. The van der Waals surface area contributed by atoms with E-state index in [4.69, 9.17) is 4.42 Å². The average molecular weight is 448 g/mol. The number of hydrogen-bond acceptors (Lipinski definition) is 4. The van der Waals surface area contributed by atoms with Gasteiger partial charge in [-0.3, -0.25) is 9.78 Å². The molecule has 1 aromatic carbocycles. The molecule has 3 aromatic rings. The highest BCUT2D eigenvalue weighted by atomic mass is 19.4. The molecule has 172 valence electrons. The first-order chi connectivity index (χ1) is 15.5. The van der Waals surface area contributed by atoms with E-state index in [9.17, 15) is 18.0 Å². The number of amides is 1. The number of alkyl halides is 3. The van der Waals surface area contributed by atoms with Gasteiger partial charge >= 0.3 is 6.68 Å². The molecular weight excluding hydrogens is 419 g/mol. The Morgan fingerprint density at radius 1 is 1.16 bits per heavy atom. The molecule has 1 unspecified atom stereocenters. The van der Waals surface area contributed by atoms with Crippen molar-refractivity contribution in [3.63, 3.8) is 0 Å². The van der Waals surface area contributed by atoms with Crippen molar-refractivity contribution in [3.05, 3.63) is 66.0 Å². The molecule has 5 nitrogen and oxygen atoms in total. The number of fused-ring (bicyclic) bond motifs is 1. The molecule has 0 aliphatic heterocycles. The van der Waals surface area contributed by atoms with Gasteiger partial charge in [0.15, 0.2) is 0 Å². The van der Waals surface area contributed by atoms with Crippen LogP contribution in [0.25, 0.3) is 16.5 Å². The summed E-state index contributed by atoms with van der Waals surface area (Å²) in [7, 11) is 0. The van der Waals surface area contributed by atoms with E-state index < -0.39 is 6.68 Å². The molecule has 0 radical (unpaired) electrons. The molecule has 1 aliphatic carbocycles. The Bertz CT molecular complexity index is 1020. The van der Waals surface area contributed by atoms with Crippen LogP contribution >= 0.6 is 0 Å². The predicted octanol–water partition coefficient (Wildman–Crippen LogP) is 6.88. The predicted molar refractivity (Wildman–Crippen MR) is 119 cm³/mol. The number of nitrogens with one attached hydrogen (secondary N) is 1. The van der Waals surface area contributed by atoms with Crippen LogP contribution in [0.5, 0.6) is 0 Å². The molecule has 2 heterocycles. The molecule has 0 fully saturated rings. The van der Waals surface area contributed by atoms with Gasteiger partial charge in [0.25, 0.3) is 5.91 Å². The zero-order chi connectivity index (χ0) is 23.5. The smallest absolute Gasteiger partial charge is 0.379 e. The molecule has 0 saturated carbocycles. The molecular formula is C24H28F3N3O2. The van der Waals surface area contributed by atoms with E-state index in [0.29, 0.717) is 11.5 Å². The largest absolute Gasteiger partial charge is 0.447 e. The summed E-state index contributed by atoms with van der Waals surface area (Å²) in [5.41, 5.74) is 4.04. The maximum absolute atomic E-state index is 12.5. The number of carbonyl (C=O) groups excluding carboxylic acids is 1. The third kappa shape index (κ3) is 6.93. The van der Waals surface area contributed by atoms with Crippen LogP contribution in [-0.2, 0) is 0 Å². The first-order valence-corrected chi connectivity index (χ1v) is 10.7. The molecule has 0 spiro atoms. The number of nitrogens with zero attached hydrogens (tertiary/aromatic N) is 2. The molecule has 8 heteroatoms. The lowest BCUT2D eigenvalue weighted by molar-refractivity contribution is 0.00818. The Morgan fingerprint density at radius 2 is 1.91 bits per heavy atom. The molecule has 32 heavy (non-hydrogen) atoms. The fourth-order valence-electron chi connectivity index (χ4n) is 3.42. The van der Waals surface area contributed by atoms with Gasteiger partial charge in [-0.2, -0.15) is 13.2 Å². The monoisotopic (exact) mass is 447 g/mol. The molecule has 1 aliphatic rings. The number of carbonyl (C=O) groups is 1. The minimum absolute atomic E-state index is 0.188. The van der Waals surface area contributed by atoms with Crippen molar-refractivity contribution in [1.29, 1.82) is 0 Å². The van der Waals surface area contributed by atoms with Gasteiger partial charge in [0.05, 0.1) is 17.3 Å². The number of oxazole rings is 1. The summed E-state index contributed by atoms with van der Waals surface area (Å²) < 4.78 is 34.2. The number of rotatable bonds is 4. The van der Waals surface area contributed by atoms with Gasteiger partial charge in [-0.05, 0) is 44.2 Å². The third-order valence-corrected chi connectivity index (χ3v) is 4.78. The summed E-state index contributed by atoms with van der Waals surface area (Å²) in [4.78, 5) is 21.2. The minimum atomic E-state index is -3.67. The fraction of sp³-hybridized carbons (Fsp3) is 0.375. The van der Waals surface area contributed by atoms with Gasteiger partial charge in [0, 0.05) is 17.1 Å². The number of para-hydroxylation sites is 1. The maximum Gasteiger partial charge on any atom is 0.379 e. The van der Waals surface area contributed by atoms with Gasteiger partial charge in [0.2, 0.25) is 5.89 Å². The molecule has 1 atom stereocenters. The topological polar surface area (TPSA) is 68.0 Å². The van der Waals surface area contributed by atoms with Gasteiger partial charge in [-0.1, -0.05) is 38.1 Å². The maximum atomic E-state index is 12.5. The van der Waals surface area contributed by atoms with E-state index in [0.717, 1.165) is 23.7 Å². The Morgan fingerprint density at radius 3 is 2.53 bits per heavy atom. The molecule has 1 amide bonds. The van der Waals surface area contributed by atoms with Crippen molar-refractivity contribution in [3.8, 4) is 0 Å². The number of aromatic nitrogens is 2. The van der Waals surface area contributed by atoms with Crippen LogP contribution in [0, 0.1) is 0 Å². The average Bonchev–Trinajstić information content (AvgIpc) is 3.35. The summed E-state index contributed by atoms with van der Waals surface area (Å²) in [6, 6.07) is 7.76. The SMILES string of the molecule is CC.CC(NC(=O)c1cnc2c(C3=CCCCC3)cccc2c1)c1ncco1.FC(F)F. The molecule has 4 rings (SSSR count). The van der Waals surface area contributed by atoms with Crippen LogP contribution in [0.3, 0.4) is 0 Å². The van der Waals surface area contributed by atoms with Crippen LogP contribution in [0.2, 0.25) is 0 Å². The summed E-state index contributed by atoms with van der Waals surface area (Å²) >= 11 is 0. The lowest BCUT2D eigenvalue weighted by atomic mass is 9.92. The van der Waals surface area contributed by atoms with Crippen molar-refractivity contribution < 1.29 is 22.4 Å². The van der Waals surface area contributed by atoms with Crippen LogP contribution in [0.4, 0.5) is 13.2 Å². The van der Waals surface area contributed by atoms with E-state index in [1.807, 2.05) is 39.0 Å². The quantitative estimate of drug-likeness (QED) is 0.474. The highest BCUT2D eigenvalue weighted by Crippen LogP contribution is 2.31. The number of pyridine rings is 1. The van der Waals surface area contributed by atoms with Crippen LogP contribution in [0.15, 0.2) is 53.4 Å². The van der Waals surface area contributed by atoms with Crippen molar-refractivity contribution in [2.45, 2.75) is 59.2 Å². The van der Waals surface area contributed by atoms with Crippen molar-refractivity contribution in [2.75, 3.05) is 0 Å². The fourth-order valence-corrected chi connectivity index (χ4v) is 3.42. The molecule has 2 aromatic heterocycles. The Kier molecular flexibility index (Phi) is 9.91. The highest BCUT2D eigenvalue weighted by molar-refractivity contribution is 5.99. The van der Waals surface area contributed by atoms with E-state index in [1.54, 1.807) is 12.4 Å². The summed E-state index contributed by atoms with van der Waals surface area (Å²) in [6.07, 6.45) is 11.7. The first kappa shape index (κ1) is 25.1. The third-order valence-electron chi connectivity index (χ3n) is 4.78. The van der Waals surface area contributed by atoms with E-state index in [1.165, 1.54) is 30.2 Å². The van der Waals surface area contributed by atoms with E-state index in [2.05, 4.69) is 27.4 Å². The van der Waals surface area contributed by atoms with Crippen molar-refractivity contribution in [2.24, 2.45) is 0 Å². The lowest BCUT2D eigenvalue weighted by Crippen LogP contribution is -2.26. The number of allylic oxidation sites excluding steroid dienone is 2. The van der Waals surface area contributed by atoms with Crippen molar-refractivity contribution >= 4 is 22.4 Å². The zero-order valence-electron chi connectivity index (χ0n) is 18.4. The van der Waals surface area contributed by atoms with Crippen molar-refractivity contribution in [1.82, 2.24) is 15.3 Å². The standard InChI is InChI=1S/C21H21N3O2.C2H6.CHF3/c1-14(21-22-10-11-26-21)24-20(25)17-12-16-8-5-9-18(19(16)23-13-17)15-6-3-2-4-7-15;1-2;2-1(3)4/h5-6,8-14H,2-4,7H2,1H3,(H,24,25);1-2H3;1H. The Balaban J connectivity index is 0.000000547. The van der Waals surface area contributed by atoms with Gasteiger partial charge in [-0.25, -0.2) is 4.98 Å². The molecule has 0 saturated heterocycles. The second-order valence-corrected chi connectivity index (χ2v) is 6.89. The number of hydrogen-bond donors (Lipinski definition) is 1. The lowest BCUT2D eigenvalue weighted by Gasteiger charge is -2.15. The second-order valence-electron chi connectivity index (χ2n) is 6.89.